The van der Waals surface area contributed by atoms with Gasteiger partial charge in [0.05, 0.1) is 7.11 Å². The summed E-state index contributed by atoms with van der Waals surface area (Å²) in [6.07, 6.45) is 5.11. The van der Waals surface area contributed by atoms with Gasteiger partial charge in [-0.25, -0.2) is 0 Å². The molecule has 0 spiro atoms. The number of ether oxygens (including phenoxy) is 1. The molecule has 1 aliphatic heterocycles. The fourth-order valence-electron chi connectivity index (χ4n) is 3.82. The van der Waals surface area contributed by atoms with E-state index in [4.69, 9.17) is 4.74 Å². The SMILES string of the molecule is COc1ccccc1CN1CCCC(CN(CCN(C)C)C(=O)CCSC)C1. The third-order valence-corrected chi connectivity index (χ3v) is 5.97. The average Bonchev–Trinajstić information content (AvgIpc) is 2.69. The molecule has 1 fully saturated rings. The number of benzene rings is 1. The van der Waals surface area contributed by atoms with Crippen molar-refractivity contribution in [3.8, 4) is 5.75 Å². The van der Waals surface area contributed by atoms with Gasteiger partial charge in [-0.05, 0) is 51.7 Å². The van der Waals surface area contributed by atoms with Crippen molar-refractivity contribution in [1.82, 2.24) is 14.7 Å². The van der Waals surface area contributed by atoms with Gasteiger partial charge in [0.1, 0.15) is 5.75 Å². The number of methoxy groups -OCH3 is 1. The molecule has 5 nitrogen and oxygen atoms in total. The summed E-state index contributed by atoms with van der Waals surface area (Å²) in [4.78, 5) is 19.5. The van der Waals surface area contributed by atoms with E-state index in [0.717, 1.165) is 50.8 Å². The predicted molar refractivity (Wildman–Crippen MR) is 119 cm³/mol. The van der Waals surface area contributed by atoms with E-state index in [9.17, 15) is 4.79 Å². The lowest BCUT2D eigenvalue weighted by molar-refractivity contribution is -0.131. The number of carbonyl (C=O) groups is 1. The van der Waals surface area contributed by atoms with Crippen LogP contribution in [0.4, 0.5) is 0 Å². The summed E-state index contributed by atoms with van der Waals surface area (Å²) in [7, 11) is 5.88. The Bertz CT molecular complexity index is 597. The van der Waals surface area contributed by atoms with Gasteiger partial charge < -0.3 is 14.5 Å². The lowest BCUT2D eigenvalue weighted by Crippen LogP contribution is -2.44. The molecule has 1 aliphatic rings. The number of hydrogen-bond donors (Lipinski definition) is 0. The Balaban J connectivity index is 1.95. The second-order valence-corrected chi connectivity index (χ2v) is 8.93. The van der Waals surface area contributed by atoms with E-state index < -0.39 is 0 Å². The quantitative estimate of drug-likeness (QED) is 0.563. The summed E-state index contributed by atoms with van der Waals surface area (Å²) in [5.74, 6) is 2.72. The summed E-state index contributed by atoms with van der Waals surface area (Å²) < 4.78 is 5.52. The summed E-state index contributed by atoms with van der Waals surface area (Å²) >= 11 is 1.74. The van der Waals surface area contributed by atoms with Gasteiger partial charge in [0.2, 0.25) is 5.91 Å². The molecule has 1 unspecified atom stereocenters. The largest absolute Gasteiger partial charge is 0.496 e. The number of piperidine rings is 1. The highest BCUT2D eigenvalue weighted by atomic mass is 32.2. The van der Waals surface area contributed by atoms with Crippen molar-refractivity contribution in [2.45, 2.75) is 25.8 Å². The molecule has 0 saturated carbocycles. The minimum absolute atomic E-state index is 0.304. The summed E-state index contributed by atoms with van der Waals surface area (Å²) in [5, 5.41) is 0. The van der Waals surface area contributed by atoms with Crippen molar-refractivity contribution in [3.63, 3.8) is 0 Å². The number of carbonyl (C=O) groups excluding carboxylic acids is 1. The molecule has 28 heavy (non-hydrogen) atoms. The number of para-hydroxylation sites is 1. The first-order valence-corrected chi connectivity index (χ1v) is 11.7. The molecule has 0 radical (unpaired) electrons. The fraction of sp³-hybridized carbons (Fsp3) is 0.682. The maximum Gasteiger partial charge on any atom is 0.223 e. The zero-order chi connectivity index (χ0) is 20.4. The highest BCUT2D eigenvalue weighted by Crippen LogP contribution is 2.24. The lowest BCUT2D eigenvalue weighted by atomic mass is 9.96. The zero-order valence-electron chi connectivity index (χ0n) is 18.0. The third-order valence-electron chi connectivity index (χ3n) is 5.36. The highest BCUT2D eigenvalue weighted by Gasteiger charge is 2.24. The fourth-order valence-corrected chi connectivity index (χ4v) is 4.19. The molecule has 6 heteroatoms. The summed E-state index contributed by atoms with van der Waals surface area (Å²) in [6, 6.07) is 8.28. The van der Waals surface area contributed by atoms with Gasteiger partial charge in [0, 0.05) is 50.5 Å². The zero-order valence-corrected chi connectivity index (χ0v) is 18.8. The molecule has 1 amide bonds. The van der Waals surface area contributed by atoms with E-state index in [-0.39, 0.29) is 0 Å². The van der Waals surface area contributed by atoms with Crippen LogP contribution in [0, 0.1) is 5.92 Å². The van der Waals surface area contributed by atoms with E-state index in [1.807, 2.05) is 12.1 Å². The van der Waals surface area contributed by atoms with Crippen LogP contribution in [0.2, 0.25) is 0 Å². The minimum atomic E-state index is 0.304. The molecule has 0 aliphatic carbocycles. The molecule has 1 aromatic rings. The first-order chi connectivity index (χ1) is 13.5. The van der Waals surface area contributed by atoms with Gasteiger partial charge in [0.15, 0.2) is 0 Å². The van der Waals surface area contributed by atoms with Crippen molar-refractivity contribution in [1.29, 1.82) is 0 Å². The van der Waals surface area contributed by atoms with Gasteiger partial charge in [-0.2, -0.15) is 11.8 Å². The molecule has 1 saturated heterocycles. The van der Waals surface area contributed by atoms with Gasteiger partial charge >= 0.3 is 0 Å². The number of hydrogen-bond acceptors (Lipinski definition) is 5. The Hall–Kier alpha value is -1.24. The smallest absolute Gasteiger partial charge is 0.223 e. The van der Waals surface area contributed by atoms with Crippen molar-refractivity contribution in [3.05, 3.63) is 29.8 Å². The van der Waals surface area contributed by atoms with Gasteiger partial charge in [-0.3, -0.25) is 9.69 Å². The molecule has 0 bridgehead atoms. The van der Waals surface area contributed by atoms with Crippen LogP contribution in [-0.2, 0) is 11.3 Å². The summed E-state index contributed by atoms with van der Waals surface area (Å²) in [5.41, 5.74) is 1.24. The number of likely N-dealkylation sites (tertiary alicyclic amines) is 1. The van der Waals surface area contributed by atoms with Crippen LogP contribution in [0.1, 0.15) is 24.8 Å². The van der Waals surface area contributed by atoms with Gasteiger partial charge in [-0.1, -0.05) is 18.2 Å². The van der Waals surface area contributed by atoms with E-state index in [1.165, 1.54) is 18.4 Å². The van der Waals surface area contributed by atoms with E-state index in [2.05, 4.69) is 47.2 Å². The third kappa shape index (κ3) is 7.64. The Morgan fingerprint density at radius 1 is 1.29 bits per heavy atom. The van der Waals surface area contributed by atoms with Crippen molar-refractivity contribution in [2.24, 2.45) is 5.92 Å². The van der Waals surface area contributed by atoms with E-state index >= 15 is 0 Å². The van der Waals surface area contributed by atoms with Crippen molar-refractivity contribution in [2.75, 3.05) is 65.9 Å². The molecule has 1 atom stereocenters. The molecule has 0 aromatic heterocycles. The Morgan fingerprint density at radius 2 is 2.07 bits per heavy atom. The first kappa shape index (κ1) is 23.0. The topological polar surface area (TPSA) is 36.0 Å². The summed E-state index contributed by atoms with van der Waals surface area (Å²) in [6.45, 7) is 5.70. The van der Waals surface area contributed by atoms with Crippen LogP contribution < -0.4 is 4.74 Å². The van der Waals surface area contributed by atoms with Gasteiger partial charge in [0.25, 0.3) is 0 Å². The number of rotatable bonds is 11. The normalized spacial score (nSPS) is 17.7. The Kier molecular flexibility index (Phi) is 10.2. The maximum absolute atomic E-state index is 12.7. The Morgan fingerprint density at radius 3 is 2.79 bits per heavy atom. The molecular formula is C22H37N3O2S. The van der Waals surface area contributed by atoms with Crippen LogP contribution >= 0.6 is 11.8 Å². The molecule has 0 N–H and O–H groups in total. The average molecular weight is 408 g/mol. The standard InChI is InChI=1S/C22H37N3O2S/c1-23(2)13-14-25(22(26)11-15-28-4)17-19-8-7-12-24(16-19)18-20-9-5-6-10-21(20)27-3/h5-6,9-10,19H,7-8,11-18H2,1-4H3. The minimum Gasteiger partial charge on any atom is -0.496 e. The second kappa shape index (κ2) is 12.3. The molecule has 1 heterocycles. The molecular weight excluding hydrogens is 370 g/mol. The van der Waals surface area contributed by atoms with Crippen LogP contribution in [-0.4, -0.2) is 86.5 Å². The maximum atomic E-state index is 12.7. The molecule has 158 valence electrons. The number of thioether (sulfide) groups is 1. The van der Waals surface area contributed by atoms with Crippen molar-refractivity contribution < 1.29 is 9.53 Å². The van der Waals surface area contributed by atoms with Crippen LogP contribution in [0.15, 0.2) is 24.3 Å². The van der Waals surface area contributed by atoms with Gasteiger partial charge in [-0.15, -0.1) is 0 Å². The van der Waals surface area contributed by atoms with Crippen molar-refractivity contribution >= 4 is 17.7 Å². The highest BCUT2D eigenvalue weighted by molar-refractivity contribution is 7.98. The number of likely N-dealkylation sites (N-methyl/N-ethyl adjacent to an activating group) is 1. The Labute approximate surface area is 175 Å². The predicted octanol–water partition coefficient (Wildman–Crippen LogP) is 3.05. The number of nitrogens with zero attached hydrogens (tertiary/aromatic N) is 3. The van der Waals surface area contributed by atoms with E-state index in [0.29, 0.717) is 18.2 Å². The number of amides is 1. The second-order valence-electron chi connectivity index (χ2n) is 7.94. The van der Waals surface area contributed by atoms with Crippen LogP contribution in [0.5, 0.6) is 5.75 Å². The molecule has 1 aromatic carbocycles. The van der Waals surface area contributed by atoms with Crippen LogP contribution in [0.3, 0.4) is 0 Å². The lowest BCUT2D eigenvalue weighted by Gasteiger charge is -2.36. The monoisotopic (exact) mass is 407 g/mol. The molecule has 2 rings (SSSR count). The first-order valence-electron chi connectivity index (χ1n) is 10.3. The van der Waals surface area contributed by atoms with E-state index in [1.54, 1.807) is 18.9 Å². The van der Waals surface area contributed by atoms with Crippen LogP contribution in [0.25, 0.3) is 0 Å².